The van der Waals surface area contributed by atoms with Gasteiger partial charge < -0.3 is 20.9 Å². The van der Waals surface area contributed by atoms with Crippen molar-refractivity contribution in [1.29, 1.82) is 0 Å². The number of hydrogen-bond donors (Lipinski definition) is 2. The lowest BCUT2D eigenvalue weighted by Gasteiger charge is -2.32. The summed E-state index contributed by atoms with van der Waals surface area (Å²) in [4.78, 5) is 16.8. The number of likely N-dealkylation sites (N-methyl/N-ethyl adjacent to an activating group) is 1. The molecular formula is C16H26N4O. The number of nitrogen functional groups attached to an aromatic ring is 1. The fraction of sp³-hybridized carbons (Fsp3) is 0.562. The van der Waals surface area contributed by atoms with Crippen molar-refractivity contribution in [3.63, 3.8) is 0 Å². The van der Waals surface area contributed by atoms with Crippen LogP contribution >= 0.6 is 0 Å². The molecule has 1 aromatic carbocycles. The van der Waals surface area contributed by atoms with Gasteiger partial charge in [-0.1, -0.05) is 6.07 Å². The number of hydrogen-bond acceptors (Lipinski definition) is 4. The third-order valence-electron chi connectivity index (χ3n) is 4.01. The van der Waals surface area contributed by atoms with Crippen LogP contribution in [0, 0.1) is 6.92 Å². The Balaban J connectivity index is 1.71. The first kappa shape index (κ1) is 15.8. The first-order valence-corrected chi connectivity index (χ1v) is 7.61. The van der Waals surface area contributed by atoms with Gasteiger partial charge in [0.05, 0.1) is 0 Å². The lowest BCUT2D eigenvalue weighted by Crippen LogP contribution is -2.44. The smallest absolute Gasteiger partial charge is 0.224 e. The Morgan fingerprint density at radius 3 is 2.71 bits per heavy atom. The highest BCUT2D eigenvalue weighted by molar-refractivity contribution is 5.91. The van der Waals surface area contributed by atoms with E-state index in [4.69, 9.17) is 5.73 Å². The summed E-state index contributed by atoms with van der Waals surface area (Å²) >= 11 is 0. The quantitative estimate of drug-likeness (QED) is 0.808. The molecule has 0 spiro atoms. The lowest BCUT2D eigenvalue weighted by molar-refractivity contribution is -0.116. The Morgan fingerprint density at radius 1 is 1.29 bits per heavy atom. The molecule has 116 valence electrons. The SMILES string of the molecule is Cc1ccc(N)cc1NC(=O)CCCN1CCN(C)CC1. The summed E-state index contributed by atoms with van der Waals surface area (Å²) in [5.74, 6) is 0.0674. The summed E-state index contributed by atoms with van der Waals surface area (Å²) in [5.41, 5.74) is 8.28. The molecule has 0 unspecified atom stereocenters. The topological polar surface area (TPSA) is 61.6 Å². The minimum atomic E-state index is 0.0674. The highest BCUT2D eigenvalue weighted by Crippen LogP contribution is 2.18. The molecule has 1 heterocycles. The van der Waals surface area contributed by atoms with E-state index in [1.54, 1.807) is 0 Å². The van der Waals surface area contributed by atoms with Gasteiger partial charge in [0.1, 0.15) is 0 Å². The molecule has 5 nitrogen and oxygen atoms in total. The number of amides is 1. The van der Waals surface area contributed by atoms with Crippen molar-refractivity contribution in [2.45, 2.75) is 19.8 Å². The number of nitrogens with one attached hydrogen (secondary N) is 1. The van der Waals surface area contributed by atoms with E-state index in [-0.39, 0.29) is 5.91 Å². The average molecular weight is 290 g/mol. The monoisotopic (exact) mass is 290 g/mol. The number of rotatable bonds is 5. The van der Waals surface area contributed by atoms with Gasteiger partial charge in [-0.25, -0.2) is 0 Å². The van der Waals surface area contributed by atoms with Gasteiger partial charge in [-0.15, -0.1) is 0 Å². The van der Waals surface area contributed by atoms with Crippen molar-refractivity contribution >= 4 is 17.3 Å². The number of nitrogens with zero attached hydrogens (tertiary/aromatic N) is 2. The Morgan fingerprint density at radius 2 is 2.00 bits per heavy atom. The van der Waals surface area contributed by atoms with Crippen LogP contribution in [0.5, 0.6) is 0 Å². The van der Waals surface area contributed by atoms with Crippen LogP contribution in [-0.2, 0) is 4.79 Å². The van der Waals surface area contributed by atoms with Gasteiger partial charge in [0.2, 0.25) is 5.91 Å². The van der Waals surface area contributed by atoms with E-state index in [0.717, 1.165) is 50.4 Å². The Labute approximate surface area is 127 Å². The first-order chi connectivity index (χ1) is 10.0. The molecule has 0 saturated carbocycles. The van der Waals surface area contributed by atoms with Gasteiger partial charge in [-0.05, 0) is 44.6 Å². The van der Waals surface area contributed by atoms with Crippen LogP contribution in [0.3, 0.4) is 0 Å². The number of carbonyl (C=O) groups excluding carboxylic acids is 1. The van der Waals surface area contributed by atoms with Crippen molar-refractivity contribution in [3.05, 3.63) is 23.8 Å². The molecule has 2 rings (SSSR count). The summed E-state index contributed by atoms with van der Waals surface area (Å²) in [6, 6.07) is 5.58. The van der Waals surface area contributed by atoms with Crippen LogP contribution in [0.15, 0.2) is 18.2 Å². The standard InChI is InChI=1S/C16H26N4O/c1-13-5-6-14(17)12-15(13)18-16(21)4-3-7-20-10-8-19(2)9-11-20/h5-6,12H,3-4,7-11,17H2,1-2H3,(H,18,21). The van der Waals surface area contributed by atoms with E-state index in [9.17, 15) is 4.79 Å². The Kier molecular flexibility index (Phi) is 5.59. The minimum absolute atomic E-state index is 0.0674. The highest BCUT2D eigenvalue weighted by atomic mass is 16.1. The zero-order valence-electron chi connectivity index (χ0n) is 13.1. The van der Waals surface area contributed by atoms with Gasteiger partial charge in [-0.3, -0.25) is 4.79 Å². The zero-order valence-corrected chi connectivity index (χ0v) is 13.1. The number of aryl methyl sites for hydroxylation is 1. The number of piperazine rings is 1. The molecule has 1 aliphatic heterocycles. The maximum Gasteiger partial charge on any atom is 0.224 e. The van der Waals surface area contributed by atoms with Crippen molar-refractivity contribution in [2.75, 3.05) is 50.8 Å². The summed E-state index contributed by atoms with van der Waals surface area (Å²) in [6.45, 7) is 7.42. The summed E-state index contributed by atoms with van der Waals surface area (Å²) in [7, 11) is 2.15. The largest absolute Gasteiger partial charge is 0.399 e. The van der Waals surface area contributed by atoms with Gasteiger partial charge >= 0.3 is 0 Å². The maximum atomic E-state index is 12.0. The van der Waals surface area contributed by atoms with Crippen LogP contribution < -0.4 is 11.1 Å². The van der Waals surface area contributed by atoms with Gasteiger partial charge in [-0.2, -0.15) is 0 Å². The molecule has 1 amide bonds. The van der Waals surface area contributed by atoms with Crippen LogP contribution in [0.2, 0.25) is 0 Å². The molecule has 1 aromatic rings. The summed E-state index contributed by atoms with van der Waals surface area (Å²) in [5, 5.41) is 2.95. The predicted molar refractivity (Wildman–Crippen MR) is 87.4 cm³/mol. The number of benzene rings is 1. The van der Waals surface area contributed by atoms with E-state index in [1.165, 1.54) is 0 Å². The number of carbonyl (C=O) groups is 1. The average Bonchev–Trinajstić information content (AvgIpc) is 2.45. The molecule has 0 bridgehead atoms. The molecule has 0 aromatic heterocycles. The molecule has 5 heteroatoms. The number of nitrogens with two attached hydrogens (primary N) is 1. The van der Waals surface area contributed by atoms with Crippen LogP contribution in [0.25, 0.3) is 0 Å². The normalized spacial score (nSPS) is 16.9. The Hall–Kier alpha value is -1.59. The molecule has 1 fully saturated rings. The van der Waals surface area contributed by atoms with E-state index >= 15 is 0 Å². The maximum absolute atomic E-state index is 12.0. The second-order valence-electron chi connectivity index (χ2n) is 5.87. The van der Waals surface area contributed by atoms with Gasteiger partial charge in [0.25, 0.3) is 0 Å². The van der Waals surface area contributed by atoms with Crippen LogP contribution in [-0.4, -0.2) is 55.5 Å². The molecule has 0 atom stereocenters. The van der Waals surface area contributed by atoms with Crippen LogP contribution in [0.1, 0.15) is 18.4 Å². The van der Waals surface area contributed by atoms with Gasteiger partial charge in [0, 0.05) is 44.0 Å². The van der Waals surface area contributed by atoms with Gasteiger partial charge in [0.15, 0.2) is 0 Å². The third-order valence-corrected chi connectivity index (χ3v) is 4.01. The fourth-order valence-electron chi connectivity index (χ4n) is 2.52. The van der Waals surface area contributed by atoms with Crippen LogP contribution in [0.4, 0.5) is 11.4 Å². The summed E-state index contributed by atoms with van der Waals surface area (Å²) in [6.07, 6.45) is 1.46. The second-order valence-corrected chi connectivity index (χ2v) is 5.87. The lowest BCUT2D eigenvalue weighted by atomic mass is 10.1. The number of anilines is 2. The Bertz CT molecular complexity index is 481. The molecule has 0 radical (unpaired) electrons. The molecule has 0 aliphatic carbocycles. The second kappa shape index (κ2) is 7.43. The van der Waals surface area contributed by atoms with E-state index in [2.05, 4.69) is 22.2 Å². The predicted octanol–water partition coefficient (Wildman–Crippen LogP) is 1.54. The fourth-order valence-corrected chi connectivity index (χ4v) is 2.52. The van der Waals surface area contributed by atoms with E-state index in [1.807, 2.05) is 25.1 Å². The third kappa shape index (κ3) is 5.02. The van der Waals surface area contributed by atoms with Crippen molar-refractivity contribution in [3.8, 4) is 0 Å². The molecule has 1 saturated heterocycles. The molecule has 3 N–H and O–H groups in total. The molecular weight excluding hydrogens is 264 g/mol. The highest BCUT2D eigenvalue weighted by Gasteiger charge is 2.13. The van der Waals surface area contributed by atoms with E-state index in [0.29, 0.717) is 12.1 Å². The van der Waals surface area contributed by atoms with Crippen molar-refractivity contribution < 1.29 is 4.79 Å². The minimum Gasteiger partial charge on any atom is -0.399 e. The van der Waals surface area contributed by atoms with Crippen molar-refractivity contribution in [1.82, 2.24) is 9.80 Å². The molecule has 1 aliphatic rings. The van der Waals surface area contributed by atoms with E-state index < -0.39 is 0 Å². The van der Waals surface area contributed by atoms with Crippen molar-refractivity contribution in [2.24, 2.45) is 0 Å². The summed E-state index contributed by atoms with van der Waals surface area (Å²) < 4.78 is 0. The molecule has 21 heavy (non-hydrogen) atoms. The zero-order chi connectivity index (χ0) is 15.2. The first-order valence-electron chi connectivity index (χ1n) is 7.61.